The van der Waals surface area contributed by atoms with Gasteiger partial charge in [-0.1, -0.05) is 12.1 Å². The number of fused-ring (bicyclic) bond motifs is 1. The molecule has 0 aliphatic carbocycles. The van der Waals surface area contributed by atoms with Crippen molar-refractivity contribution in [3.63, 3.8) is 0 Å². The molecule has 0 fully saturated rings. The number of ether oxygens (including phenoxy) is 3. The van der Waals surface area contributed by atoms with Crippen LogP contribution in [0.4, 0.5) is 29.5 Å². The van der Waals surface area contributed by atoms with Crippen molar-refractivity contribution in [1.29, 1.82) is 0 Å². The first-order valence-corrected chi connectivity index (χ1v) is 11.0. The lowest BCUT2D eigenvalue weighted by Gasteiger charge is -2.30. The van der Waals surface area contributed by atoms with E-state index in [1.165, 1.54) is 24.1 Å². The first-order chi connectivity index (χ1) is 17.7. The molecule has 9 nitrogen and oxygen atoms in total. The molecule has 37 heavy (non-hydrogen) atoms. The van der Waals surface area contributed by atoms with E-state index in [-0.39, 0.29) is 19.0 Å². The molecule has 3 amide bonds. The third kappa shape index (κ3) is 6.28. The molecule has 2 N–H and O–H groups in total. The minimum atomic E-state index is -4.82. The number of anilines is 2. The highest BCUT2D eigenvalue weighted by atomic mass is 19.4. The van der Waals surface area contributed by atoms with E-state index in [4.69, 9.17) is 9.47 Å². The second-order valence-corrected chi connectivity index (χ2v) is 8.00. The Bertz CT molecular complexity index is 1270. The van der Waals surface area contributed by atoms with Gasteiger partial charge in [-0.15, -0.1) is 13.2 Å². The van der Waals surface area contributed by atoms with Gasteiger partial charge in [0.15, 0.2) is 5.82 Å². The Hall–Kier alpha value is -4.32. The third-order valence-electron chi connectivity index (χ3n) is 5.48. The van der Waals surface area contributed by atoms with Gasteiger partial charge in [0.05, 0.1) is 31.1 Å². The molecule has 4 rings (SSSR count). The number of amides is 3. The van der Waals surface area contributed by atoms with E-state index in [0.717, 1.165) is 17.7 Å². The zero-order valence-corrected chi connectivity index (χ0v) is 19.8. The fraction of sp³-hybridized carbons (Fsp3) is 0.240. The quantitative estimate of drug-likeness (QED) is 0.479. The Morgan fingerprint density at radius 2 is 1.73 bits per heavy atom. The van der Waals surface area contributed by atoms with Crippen molar-refractivity contribution in [2.24, 2.45) is 0 Å². The SMILES string of the molecule is COCC(NC(=O)N1CC(=O)Nc2ccc(-c3ccc(OC)cc3)nc21)c1ccc(OC(F)(F)F)cc1. The number of hydrogen-bond donors (Lipinski definition) is 2. The molecular formula is C25H23F3N4O5. The zero-order chi connectivity index (χ0) is 26.6. The van der Waals surface area contributed by atoms with E-state index in [2.05, 4.69) is 20.4 Å². The number of rotatable bonds is 7. The number of alkyl halides is 3. The maximum Gasteiger partial charge on any atom is 0.573 e. The lowest BCUT2D eigenvalue weighted by atomic mass is 10.1. The summed E-state index contributed by atoms with van der Waals surface area (Å²) in [4.78, 5) is 31.4. The molecule has 2 heterocycles. The van der Waals surface area contributed by atoms with Crippen LogP contribution in [0, 0.1) is 0 Å². The standard InChI is InChI=1S/C25H23F3N4O5/c1-35-14-21(16-5-9-18(10-6-16)37-25(26,27)28)31-24(34)32-13-22(33)29-20-12-11-19(30-23(20)32)15-3-7-17(36-2)8-4-15/h3-12,21H,13-14H2,1-2H3,(H,29,33)(H,31,34). The maximum absolute atomic E-state index is 13.3. The number of benzene rings is 2. The number of pyridine rings is 1. The molecule has 194 valence electrons. The van der Waals surface area contributed by atoms with Crippen LogP contribution >= 0.6 is 0 Å². The van der Waals surface area contributed by atoms with Crippen LogP contribution < -0.4 is 25.0 Å². The Morgan fingerprint density at radius 3 is 2.35 bits per heavy atom. The predicted molar refractivity (Wildman–Crippen MR) is 128 cm³/mol. The minimum Gasteiger partial charge on any atom is -0.497 e. The van der Waals surface area contributed by atoms with Crippen LogP contribution in [-0.2, 0) is 9.53 Å². The van der Waals surface area contributed by atoms with Crippen molar-refractivity contribution < 1.29 is 37.0 Å². The van der Waals surface area contributed by atoms with E-state index in [9.17, 15) is 22.8 Å². The maximum atomic E-state index is 13.3. The van der Waals surface area contributed by atoms with Crippen molar-refractivity contribution in [3.8, 4) is 22.8 Å². The van der Waals surface area contributed by atoms with E-state index < -0.39 is 30.1 Å². The van der Waals surface area contributed by atoms with Gasteiger partial charge in [-0.05, 0) is 54.1 Å². The Morgan fingerprint density at radius 1 is 1.05 bits per heavy atom. The van der Waals surface area contributed by atoms with Crippen molar-refractivity contribution in [1.82, 2.24) is 10.3 Å². The monoisotopic (exact) mass is 516 g/mol. The predicted octanol–water partition coefficient (Wildman–Crippen LogP) is 4.51. The molecule has 0 spiro atoms. The molecule has 1 aromatic heterocycles. The highest BCUT2D eigenvalue weighted by Gasteiger charge is 2.32. The third-order valence-corrected chi connectivity index (χ3v) is 5.48. The second kappa shape index (κ2) is 10.7. The van der Waals surface area contributed by atoms with Gasteiger partial charge in [-0.3, -0.25) is 9.69 Å². The summed E-state index contributed by atoms with van der Waals surface area (Å²) >= 11 is 0. The number of nitrogens with zero attached hydrogens (tertiary/aromatic N) is 2. The molecule has 0 bridgehead atoms. The summed E-state index contributed by atoms with van der Waals surface area (Å²) in [6.07, 6.45) is -4.82. The lowest BCUT2D eigenvalue weighted by Crippen LogP contribution is -2.49. The molecule has 1 aliphatic rings. The Labute approximate surface area is 210 Å². The van der Waals surface area contributed by atoms with Crippen LogP contribution in [0.3, 0.4) is 0 Å². The van der Waals surface area contributed by atoms with E-state index in [1.54, 1.807) is 31.4 Å². The molecule has 0 saturated carbocycles. The smallest absolute Gasteiger partial charge is 0.497 e. The summed E-state index contributed by atoms with van der Waals surface area (Å²) in [6, 6.07) is 14.3. The molecule has 1 atom stereocenters. The van der Waals surface area contributed by atoms with Gasteiger partial charge in [0.25, 0.3) is 0 Å². The summed E-state index contributed by atoms with van der Waals surface area (Å²) in [5.41, 5.74) is 2.19. The van der Waals surface area contributed by atoms with Crippen LogP contribution in [-0.4, -0.2) is 50.7 Å². The van der Waals surface area contributed by atoms with E-state index >= 15 is 0 Å². The topological polar surface area (TPSA) is 102 Å². The Balaban J connectivity index is 1.58. The molecule has 3 aromatic rings. The number of aromatic nitrogens is 1. The zero-order valence-electron chi connectivity index (χ0n) is 19.8. The molecule has 0 radical (unpaired) electrons. The first kappa shape index (κ1) is 25.8. The van der Waals surface area contributed by atoms with Crippen molar-refractivity contribution in [2.45, 2.75) is 12.4 Å². The van der Waals surface area contributed by atoms with Crippen LogP contribution in [0.25, 0.3) is 11.3 Å². The highest BCUT2D eigenvalue weighted by molar-refractivity contribution is 6.08. The fourth-order valence-corrected chi connectivity index (χ4v) is 3.77. The fourth-order valence-electron chi connectivity index (χ4n) is 3.77. The Kier molecular flexibility index (Phi) is 7.48. The number of carbonyl (C=O) groups excluding carboxylic acids is 2. The number of urea groups is 1. The van der Waals surface area contributed by atoms with Crippen LogP contribution in [0.15, 0.2) is 60.7 Å². The number of nitrogens with one attached hydrogen (secondary N) is 2. The molecule has 1 unspecified atom stereocenters. The van der Waals surface area contributed by atoms with Gasteiger partial charge < -0.3 is 24.8 Å². The first-order valence-electron chi connectivity index (χ1n) is 11.0. The minimum absolute atomic E-state index is 0.0252. The van der Waals surface area contributed by atoms with Gasteiger partial charge in [0, 0.05) is 12.7 Å². The van der Waals surface area contributed by atoms with E-state index in [1.807, 2.05) is 12.1 Å². The second-order valence-electron chi connectivity index (χ2n) is 8.00. The summed E-state index contributed by atoms with van der Waals surface area (Å²) in [6.45, 7) is -0.257. The van der Waals surface area contributed by atoms with Gasteiger partial charge in [0.2, 0.25) is 5.91 Å². The largest absolute Gasteiger partial charge is 0.573 e. The van der Waals surface area contributed by atoms with Gasteiger partial charge in [-0.25, -0.2) is 9.78 Å². The average molecular weight is 516 g/mol. The summed E-state index contributed by atoms with van der Waals surface area (Å²) in [7, 11) is 2.99. The lowest BCUT2D eigenvalue weighted by molar-refractivity contribution is -0.274. The summed E-state index contributed by atoms with van der Waals surface area (Å²) < 4.78 is 51.7. The van der Waals surface area contributed by atoms with Crippen LogP contribution in [0.5, 0.6) is 11.5 Å². The molecular weight excluding hydrogens is 493 g/mol. The van der Waals surface area contributed by atoms with Gasteiger partial charge in [-0.2, -0.15) is 0 Å². The highest BCUT2D eigenvalue weighted by Crippen LogP contribution is 2.32. The molecule has 12 heteroatoms. The van der Waals surface area contributed by atoms with Gasteiger partial charge >= 0.3 is 12.4 Å². The van der Waals surface area contributed by atoms with Crippen LogP contribution in [0.2, 0.25) is 0 Å². The number of carbonyl (C=O) groups is 2. The van der Waals surface area contributed by atoms with E-state index in [0.29, 0.717) is 22.7 Å². The summed E-state index contributed by atoms with van der Waals surface area (Å²) in [5.74, 6) is 0.127. The molecule has 2 aromatic carbocycles. The number of methoxy groups -OCH3 is 2. The van der Waals surface area contributed by atoms with Crippen molar-refractivity contribution >= 4 is 23.4 Å². The van der Waals surface area contributed by atoms with Crippen molar-refractivity contribution in [2.75, 3.05) is 37.6 Å². The average Bonchev–Trinajstić information content (AvgIpc) is 2.87. The summed E-state index contributed by atoms with van der Waals surface area (Å²) in [5, 5.41) is 5.47. The molecule has 1 aliphatic heterocycles. The molecule has 0 saturated heterocycles. The van der Waals surface area contributed by atoms with Crippen molar-refractivity contribution in [3.05, 3.63) is 66.2 Å². The number of halogens is 3. The van der Waals surface area contributed by atoms with Gasteiger partial charge in [0.1, 0.15) is 18.0 Å². The normalized spacial score (nSPS) is 13.9. The van der Waals surface area contributed by atoms with Crippen LogP contribution in [0.1, 0.15) is 11.6 Å². The number of hydrogen-bond acceptors (Lipinski definition) is 6.